The van der Waals surface area contributed by atoms with E-state index < -0.39 is 17.5 Å². The van der Waals surface area contributed by atoms with Gasteiger partial charge in [0.15, 0.2) is 23.3 Å². The number of amides is 1. The maximum absolute atomic E-state index is 14.0. The number of piperidine rings is 1. The molecule has 4 aromatic rings. The maximum atomic E-state index is 14.0. The Morgan fingerprint density at radius 3 is 2.61 bits per heavy atom. The molecule has 36 heavy (non-hydrogen) atoms. The van der Waals surface area contributed by atoms with Gasteiger partial charge in [-0.15, -0.1) is 0 Å². The molecule has 1 amide bonds. The van der Waals surface area contributed by atoms with E-state index in [2.05, 4.69) is 15.2 Å². The summed E-state index contributed by atoms with van der Waals surface area (Å²) in [5.74, 6) is -3.66. The number of pyridine rings is 1. The van der Waals surface area contributed by atoms with Crippen molar-refractivity contribution in [3.8, 4) is 17.1 Å². The van der Waals surface area contributed by atoms with Gasteiger partial charge < -0.3 is 4.90 Å². The average Bonchev–Trinajstić information content (AvgIpc) is 3.50. The van der Waals surface area contributed by atoms with Gasteiger partial charge in [0.1, 0.15) is 5.69 Å². The molecule has 4 heterocycles. The molecule has 1 unspecified atom stereocenters. The number of nitrogens with zero attached hydrogens (tertiary/aromatic N) is 6. The van der Waals surface area contributed by atoms with E-state index in [4.69, 9.17) is 0 Å². The molecule has 0 N–H and O–H groups in total. The van der Waals surface area contributed by atoms with Crippen molar-refractivity contribution in [3.05, 3.63) is 83.2 Å². The van der Waals surface area contributed by atoms with Gasteiger partial charge in [-0.25, -0.2) is 22.8 Å². The van der Waals surface area contributed by atoms with E-state index in [0.29, 0.717) is 35.9 Å². The van der Waals surface area contributed by atoms with Crippen molar-refractivity contribution in [1.29, 1.82) is 0 Å². The van der Waals surface area contributed by atoms with Gasteiger partial charge in [-0.3, -0.25) is 9.48 Å². The van der Waals surface area contributed by atoms with Crippen LogP contribution in [-0.2, 0) is 13.5 Å². The van der Waals surface area contributed by atoms with Crippen LogP contribution in [0.4, 0.5) is 13.2 Å². The topological polar surface area (TPSA) is 68.8 Å². The van der Waals surface area contributed by atoms with Crippen molar-refractivity contribution in [2.24, 2.45) is 7.05 Å². The molecule has 10 heteroatoms. The van der Waals surface area contributed by atoms with Gasteiger partial charge in [-0.05, 0) is 62.9 Å². The van der Waals surface area contributed by atoms with Crippen LogP contribution in [0.25, 0.3) is 17.1 Å². The molecule has 1 aromatic carbocycles. The molecule has 1 saturated heterocycles. The number of hydrogen-bond acceptors (Lipinski definition) is 4. The van der Waals surface area contributed by atoms with Gasteiger partial charge in [0, 0.05) is 43.2 Å². The number of benzene rings is 1. The molecular formula is C26H25F3N6O. The normalized spacial score (nSPS) is 15.9. The molecule has 1 aliphatic rings. The first kappa shape index (κ1) is 23.8. The molecule has 186 valence electrons. The van der Waals surface area contributed by atoms with E-state index in [9.17, 15) is 18.0 Å². The Hall–Kier alpha value is -3.95. The lowest BCUT2D eigenvalue weighted by atomic mass is 9.92. The summed E-state index contributed by atoms with van der Waals surface area (Å²) in [6.45, 7) is 2.39. The summed E-state index contributed by atoms with van der Waals surface area (Å²) in [5.41, 5.74) is 2.48. The zero-order valence-electron chi connectivity index (χ0n) is 20.0. The number of rotatable bonds is 5. The molecule has 5 rings (SSSR count). The van der Waals surface area contributed by atoms with Crippen LogP contribution in [0.1, 0.15) is 41.0 Å². The Morgan fingerprint density at radius 1 is 1.11 bits per heavy atom. The fourth-order valence-corrected chi connectivity index (χ4v) is 4.94. The fourth-order valence-electron chi connectivity index (χ4n) is 4.94. The highest BCUT2D eigenvalue weighted by atomic mass is 19.2. The number of hydrogen-bond donors (Lipinski definition) is 0. The van der Waals surface area contributed by atoms with Crippen LogP contribution in [0.3, 0.4) is 0 Å². The predicted molar refractivity (Wildman–Crippen MR) is 127 cm³/mol. The summed E-state index contributed by atoms with van der Waals surface area (Å²) >= 11 is 0. The van der Waals surface area contributed by atoms with Crippen molar-refractivity contribution in [2.45, 2.75) is 38.6 Å². The molecule has 0 radical (unpaired) electrons. The lowest BCUT2D eigenvalue weighted by Crippen LogP contribution is -2.45. The summed E-state index contributed by atoms with van der Waals surface area (Å²) in [6, 6.07) is 8.83. The summed E-state index contributed by atoms with van der Waals surface area (Å²) in [7, 11) is 1.68. The van der Waals surface area contributed by atoms with Crippen LogP contribution in [0.2, 0.25) is 0 Å². The van der Waals surface area contributed by atoms with Crippen molar-refractivity contribution in [3.63, 3.8) is 0 Å². The van der Waals surface area contributed by atoms with Crippen LogP contribution in [0.5, 0.6) is 0 Å². The summed E-state index contributed by atoms with van der Waals surface area (Å²) in [6.07, 6.45) is 6.43. The first-order valence-corrected chi connectivity index (χ1v) is 11.8. The first-order valence-electron chi connectivity index (χ1n) is 11.8. The molecule has 0 saturated carbocycles. The third-order valence-corrected chi connectivity index (χ3v) is 6.62. The van der Waals surface area contributed by atoms with Crippen LogP contribution in [-0.4, -0.2) is 47.9 Å². The van der Waals surface area contributed by atoms with Crippen LogP contribution >= 0.6 is 0 Å². The zero-order valence-corrected chi connectivity index (χ0v) is 20.0. The Kier molecular flexibility index (Phi) is 6.34. The second-order valence-electron chi connectivity index (χ2n) is 8.97. The molecule has 0 aliphatic carbocycles. The highest BCUT2D eigenvalue weighted by Gasteiger charge is 2.31. The molecule has 0 bridgehead atoms. The molecule has 1 aliphatic heterocycles. The van der Waals surface area contributed by atoms with E-state index in [1.54, 1.807) is 53.1 Å². The molecule has 3 aromatic heterocycles. The van der Waals surface area contributed by atoms with E-state index in [1.165, 1.54) is 0 Å². The largest absolute Gasteiger partial charge is 0.334 e. The van der Waals surface area contributed by atoms with Gasteiger partial charge in [-0.1, -0.05) is 6.07 Å². The second kappa shape index (κ2) is 9.60. The Balaban J connectivity index is 1.47. The van der Waals surface area contributed by atoms with Crippen LogP contribution in [0, 0.1) is 24.4 Å². The highest BCUT2D eigenvalue weighted by molar-refractivity contribution is 5.92. The summed E-state index contributed by atoms with van der Waals surface area (Å²) < 4.78 is 44.8. The van der Waals surface area contributed by atoms with Crippen molar-refractivity contribution in [2.75, 3.05) is 6.54 Å². The number of carbonyl (C=O) groups excluding carboxylic acids is 1. The number of aryl methyl sites for hydroxylation is 2. The zero-order chi connectivity index (χ0) is 25.4. The second-order valence-corrected chi connectivity index (χ2v) is 8.97. The van der Waals surface area contributed by atoms with Gasteiger partial charge in [0.2, 0.25) is 0 Å². The SMILES string of the molecule is Cc1nn(C)c(-c2cc(F)c(F)c(F)c2)c1CC1CCCCN1C(=O)c1cccc(-n2cccn2)n1. The lowest BCUT2D eigenvalue weighted by Gasteiger charge is -2.36. The van der Waals surface area contributed by atoms with Crippen molar-refractivity contribution >= 4 is 5.91 Å². The maximum Gasteiger partial charge on any atom is 0.272 e. The third kappa shape index (κ3) is 4.38. The first-order chi connectivity index (χ1) is 17.3. The van der Waals surface area contributed by atoms with Crippen molar-refractivity contribution in [1.82, 2.24) is 29.4 Å². The average molecular weight is 495 g/mol. The standard InChI is InChI=1S/C26H25F3N6O/c1-16-19(25(33(2)32-16)17-13-20(27)24(29)21(28)14-17)15-18-7-3-4-11-34(18)26(36)22-8-5-9-23(31-22)35-12-6-10-30-35/h5-6,8-10,12-14,18H,3-4,7,11,15H2,1-2H3. The fraction of sp³-hybridized carbons (Fsp3) is 0.308. The summed E-state index contributed by atoms with van der Waals surface area (Å²) in [4.78, 5) is 19.9. The quantitative estimate of drug-likeness (QED) is 0.380. The monoisotopic (exact) mass is 494 g/mol. The minimum absolute atomic E-state index is 0.154. The Morgan fingerprint density at radius 2 is 1.89 bits per heavy atom. The lowest BCUT2D eigenvalue weighted by molar-refractivity contribution is 0.0607. The Bertz CT molecular complexity index is 1390. The van der Waals surface area contributed by atoms with E-state index in [1.807, 2.05) is 11.8 Å². The molecule has 7 nitrogen and oxygen atoms in total. The minimum atomic E-state index is -1.51. The number of likely N-dealkylation sites (tertiary alicyclic amines) is 1. The van der Waals surface area contributed by atoms with Gasteiger partial charge >= 0.3 is 0 Å². The number of carbonyl (C=O) groups is 1. The van der Waals surface area contributed by atoms with Crippen molar-refractivity contribution < 1.29 is 18.0 Å². The van der Waals surface area contributed by atoms with Crippen LogP contribution in [0.15, 0.2) is 48.8 Å². The van der Waals surface area contributed by atoms with Gasteiger partial charge in [0.25, 0.3) is 5.91 Å². The van der Waals surface area contributed by atoms with E-state index in [0.717, 1.165) is 37.0 Å². The molecular weight excluding hydrogens is 469 g/mol. The Labute approximate surface area is 206 Å². The van der Waals surface area contributed by atoms with Crippen LogP contribution < -0.4 is 0 Å². The number of aromatic nitrogens is 5. The molecule has 1 fully saturated rings. The minimum Gasteiger partial charge on any atom is -0.334 e. The smallest absolute Gasteiger partial charge is 0.272 e. The number of halogens is 3. The van der Waals surface area contributed by atoms with Gasteiger partial charge in [0.05, 0.1) is 11.4 Å². The molecule has 0 spiro atoms. The van der Waals surface area contributed by atoms with E-state index in [-0.39, 0.29) is 17.5 Å². The predicted octanol–water partition coefficient (Wildman–Crippen LogP) is 4.63. The molecule has 1 atom stereocenters. The van der Waals surface area contributed by atoms with E-state index >= 15 is 0 Å². The van der Waals surface area contributed by atoms with Gasteiger partial charge in [-0.2, -0.15) is 10.2 Å². The highest BCUT2D eigenvalue weighted by Crippen LogP contribution is 2.32. The summed E-state index contributed by atoms with van der Waals surface area (Å²) in [5, 5.41) is 8.64. The third-order valence-electron chi connectivity index (χ3n) is 6.62.